The molecule has 0 bridgehead atoms. The summed E-state index contributed by atoms with van der Waals surface area (Å²) in [6.07, 6.45) is 0.746. The first-order valence-electron chi connectivity index (χ1n) is 17.3. The summed E-state index contributed by atoms with van der Waals surface area (Å²) in [6.45, 7) is 16.8. The molecule has 0 spiro atoms. The van der Waals surface area contributed by atoms with E-state index < -0.39 is 66.3 Å². The van der Waals surface area contributed by atoms with Gasteiger partial charge in [-0.2, -0.15) is 0 Å². The summed E-state index contributed by atoms with van der Waals surface area (Å²) >= 11 is 0. The van der Waals surface area contributed by atoms with Crippen LogP contribution in [0.15, 0.2) is 36.4 Å². The minimum atomic E-state index is -0.823. The van der Waals surface area contributed by atoms with E-state index in [1.165, 1.54) is 0 Å². The highest BCUT2D eigenvalue weighted by Crippen LogP contribution is 2.24. The molecule has 0 heterocycles. The molecule has 0 radical (unpaired) electrons. The molecule has 2 rings (SSSR count). The second-order valence-corrected chi connectivity index (χ2v) is 12.8. The lowest BCUT2D eigenvalue weighted by Crippen LogP contribution is -2.49. The molecular weight excluding hydrogens is 712 g/mol. The molecule has 2 aromatic rings. The van der Waals surface area contributed by atoms with Crippen molar-refractivity contribution in [3.05, 3.63) is 88.0 Å². The summed E-state index contributed by atoms with van der Waals surface area (Å²) in [7, 11) is 0. The second-order valence-electron chi connectivity index (χ2n) is 12.8. The van der Waals surface area contributed by atoms with Crippen LogP contribution in [0.25, 0.3) is 0 Å². The Morgan fingerprint density at radius 3 is 0.944 bits per heavy atom. The van der Waals surface area contributed by atoms with Crippen molar-refractivity contribution in [2.45, 2.75) is 80.3 Å². The normalized spacial score (nSPS) is 11.7. The van der Waals surface area contributed by atoms with Crippen LogP contribution in [0.2, 0.25) is 0 Å². The van der Waals surface area contributed by atoms with E-state index in [9.17, 15) is 59.6 Å². The number of hydrogen-bond acceptors (Lipinski definition) is 12. The largest absolute Gasteiger partial charge is 0.341 e. The van der Waals surface area contributed by atoms with Crippen LogP contribution in [0.4, 0.5) is 22.7 Å². The number of carbonyl (C=O) groups is 4. The number of nitrogens with zero attached hydrogens (tertiary/aromatic N) is 6. The molecular formula is C34H48N8O12. The minimum absolute atomic E-state index is 0.106. The summed E-state index contributed by atoms with van der Waals surface area (Å²) in [5, 5.41) is 49.1. The molecule has 0 aliphatic heterocycles. The van der Waals surface area contributed by atoms with Gasteiger partial charge in [-0.1, -0.05) is 27.7 Å². The van der Waals surface area contributed by atoms with E-state index in [-0.39, 0.29) is 34.8 Å². The summed E-state index contributed by atoms with van der Waals surface area (Å²) in [5.41, 5.74) is -2.74. The first kappa shape index (κ1) is 45.9. The lowest BCUT2D eigenvalue weighted by molar-refractivity contribution is -0.394. The van der Waals surface area contributed by atoms with Gasteiger partial charge in [0.1, 0.15) is 12.1 Å². The predicted molar refractivity (Wildman–Crippen MR) is 197 cm³/mol. The molecule has 2 N–H and O–H groups in total. The van der Waals surface area contributed by atoms with Crippen molar-refractivity contribution >= 4 is 46.4 Å². The fraction of sp³-hybridized carbons (Fsp3) is 0.529. The number of carbonyl (C=O) groups excluding carboxylic acids is 4. The van der Waals surface area contributed by atoms with Gasteiger partial charge >= 0.3 is 0 Å². The number of nitro groups is 4. The number of nitrogens with one attached hydrogen (secondary N) is 2. The van der Waals surface area contributed by atoms with Gasteiger partial charge in [0.25, 0.3) is 34.6 Å². The Kier molecular flexibility index (Phi) is 18.2. The van der Waals surface area contributed by atoms with Crippen molar-refractivity contribution < 1.29 is 38.9 Å². The summed E-state index contributed by atoms with van der Waals surface area (Å²) < 4.78 is 0. The van der Waals surface area contributed by atoms with Crippen molar-refractivity contribution in [1.29, 1.82) is 0 Å². The number of hydrogen-bond donors (Lipinski definition) is 2. The van der Waals surface area contributed by atoms with Gasteiger partial charge < -0.3 is 20.4 Å². The second kappa shape index (κ2) is 21.4. The Balaban J connectivity index is 0.000000540. The van der Waals surface area contributed by atoms with Crippen LogP contribution in [0, 0.1) is 52.3 Å². The van der Waals surface area contributed by atoms with Crippen molar-refractivity contribution in [3.8, 4) is 0 Å². The molecule has 2 atom stereocenters. The highest BCUT2D eigenvalue weighted by molar-refractivity contribution is 5.99. The van der Waals surface area contributed by atoms with Crippen molar-refractivity contribution in [3.63, 3.8) is 0 Å². The first-order valence-corrected chi connectivity index (χ1v) is 17.3. The SMILES string of the molecule is CCN(CC)C(=O)[C@@H](CC(C)C)NC(=O)c1cc([N+](=O)[O-])cc([N+](=O)[O-])c1.CCN(CC)C(=O)[C@@H](CC(C)C)NC(=O)c1cc([N+](=O)[O-])cc([N+](=O)[O-])c1. The molecule has 20 heteroatoms. The zero-order valence-electron chi connectivity index (χ0n) is 31.6. The number of benzene rings is 2. The van der Waals surface area contributed by atoms with E-state index in [4.69, 9.17) is 0 Å². The van der Waals surface area contributed by atoms with Gasteiger partial charge in [0.2, 0.25) is 11.8 Å². The Morgan fingerprint density at radius 2 is 0.759 bits per heavy atom. The number of nitro benzene ring substituents is 4. The maximum absolute atomic E-state index is 12.7. The number of likely N-dealkylation sites (N-methyl/N-ethyl adjacent to an activating group) is 2. The van der Waals surface area contributed by atoms with Crippen LogP contribution in [0.5, 0.6) is 0 Å². The number of amides is 4. The molecule has 0 unspecified atom stereocenters. The van der Waals surface area contributed by atoms with Crippen molar-refractivity contribution in [1.82, 2.24) is 20.4 Å². The van der Waals surface area contributed by atoms with Gasteiger partial charge in [-0.3, -0.25) is 59.6 Å². The monoisotopic (exact) mass is 760 g/mol. The Hall–Kier alpha value is -6.08. The molecule has 2 aromatic carbocycles. The van der Waals surface area contributed by atoms with Gasteiger partial charge in [-0.15, -0.1) is 0 Å². The first-order chi connectivity index (χ1) is 25.2. The quantitative estimate of drug-likeness (QED) is 0.150. The standard InChI is InChI=1S/2C17H24N4O6/c2*1-5-19(6-2)17(23)15(7-11(3)4)18-16(22)12-8-13(20(24)25)10-14(9-12)21(26)27/h2*8-11,15H,5-7H2,1-4H3,(H,18,22)/t2*15-/m11/s1. The smallest absolute Gasteiger partial charge is 0.277 e. The zero-order chi connectivity index (χ0) is 41.4. The Morgan fingerprint density at radius 1 is 0.519 bits per heavy atom. The average Bonchev–Trinajstić information content (AvgIpc) is 3.11. The summed E-state index contributed by atoms with van der Waals surface area (Å²) in [4.78, 5) is 94.3. The molecule has 20 nitrogen and oxygen atoms in total. The van der Waals surface area contributed by atoms with E-state index >= 15 is 0 Å². The number of rotatable bonds is 18. The molecule has 296 valence electrons. The third-order valence-electron chi connectivity index (χ3n) is 7.94. The summed E-state index contributed by atoms with van der Waals surface area (Å²) in [5.74, 6) is -1.85. The zero-order valence-corrected chi connectivity index (χ0v) is 31.6. The van der Waals surface area contributed by atoms with Gasteiger partial charge in [0.05, 0.1) is 43.0 Å². The highest BCUT2D eigenvalue weighted by atomic mass is 16.6. The van der Waals surface area contributed by atoms with Crippen LogP contribution in [-0.4, -0.2) is 91.4 Å². The van der Waals surface area contributed by atoms with E-state index in [2.05, 4.69) is 10.6 Å². The molecule has 4 amide bonds. The van der Waals surface area contributed by atoms with Crippen molar-refractivity contribution in [2.75, 3.05) is 26.2 Å². The maximum atomic E-state index is 12.7. The van der Waals surface area contributed by atoms with E-state index in [1.54, 1.807) is 9.80 Å². The van der Waals surface area contributed by atoms with E-state index in [0.717, 1.165) is 36.4 Å². The fourth-order valence-corrected chi connectivity index (χ4v) is 5.25. The third kappa shape index (κ3) is 13.8. The van der Waals surface area contributed by atoms with Gasteiger partial charge in [-0.05, 0) is 52.4 Å². The van der Waals surface area contributed by atoms with Crippen LogP contribution in [0.3, 0.4) is 0 Å². The minimum Gasteiger partial charge on any atom is -0.341 e. The molecule has 0 fully saturated rings. The lowest BCUT2D eigenvalue weighted by atomic mass is 10.0. The topological polar surface area (TPSA) is 271 Å². The Labute approximate surface area is 311 Å². The highest BCUT2D eigenvalue weighted by Gasteiger charge is 2.29. The average molecular weight is 761 g/mol. The predicted octanol–water partition coefficient (Wildman–Crippen LogP) is 5.03. The molecule has 0 saturated heterocycles. The van der Waals surface area contributed by atoms with Gasteiger partial charge in [0.15, 0.2) is 0 Å². The molecule has 0 saturated carbocycles. The number of non-ortho nitro benzene ring substituents is 4. The van der Waals surface area contributed by atoms with Gasteiger partial charge in [-0.25, -0.2) is 0 Å². The Bertz CT molecular complexity index is 1520. The summed E-state index contributed by atoms with van der Waals surface area (Å²) in [6, 6.07) is 3.74. The lowest BCUT2D eigenvalue weighted by Gasteiger charge is -2.27. The third-order valence-corrected chi connectivity index (χ3v) is 7.94. The van der Waals surface area contributed by atoms with Gasteiger partial charge in [0, 0.05) is 50.4 Å². The maximum Gasteiger partial charge on any atom is 0.277 e. The van der Waals surface area contributed by atoms with E-state index in [0.29, 0.717) is 39.0 Å². The molecule has 0 aromatic heterocycles. The molecule has 0 aliphatic rings. The van der Waals surface area contributed by atoms with Crippen LogP contribution in [0.1, 0.15) is 88.9 Å². The fourth-order valence-electron chi connectivity index (χ4n) is 5.25. The van der Waals surface area contributed by atoms with Crippen LogP contribution >= 0.6 is 0 Å². The molecule has 0 aliphatic carbocycles. The van der Waals surface area contributed by atoms with Crippen molar-refractivity contribution in [2.24, 2.45) is 11.8 Å². The van der Waals surface area contributed by atoms with Crippen LogP contribution in [-0.2, 0) is 9.59 Å². The van der Waals surface area contributed by atoms with Crippen LogP contribution < -0.4 is 10.6 Å². The van der Waals surface area contributed by atoms with E-state index in [1.807, 2.05) is 55.4 Å². The molecule has 54 heavy (non-hydrogen) atoms.